The van der Waals surface area contributed by atoms with Crippen LogP contribution in [0.25, 0.3) is 0 Å². The fourth-order valence-electron chi connectivity index (χ4n) is 1.42. The SMILES string of the molecule is N=C1NC(=N)c2c(N)ccc(N)c21. The highest BCUT2D eigenvalue weighted by Gasteiger charge is 2.25. The van der Waals surface area contributed by atoms with Crippen molar-refractivity contribution in [2.45, 2.75) is 0 Å². The molecule has 0 saturated heterocycles. The van der Waals surface area contributed by atoms with E-state index in [0.29, 0.717) is 22.5 Å². The van der Waals surface area contributed by atoms with E-state index in [4.69, 9.17) is 22.3 Å². The molecule has 0 aliphatic carbocycles. The summed E-state index contributed by atoms with van der Waals surface area (Å²) < 4.78 is 0. The summed E-state index contributed by atoms with van der Waals surface area (Å²) in [6.45, 7) is 0. The molecule has 66 valence electrons. The van der Waals surface area contributed by atoms with Gasteiger partial charge in [0, 0.05) is 11.4 Å². The van der Waals surface area contributed by atoms with Gasteiger partial charge in [0.05, 0.1) is 11.1 Å². The van der Waals surface area contributed by atoms with Crippen LogP contribution >= 0.6 is 0 Å². The Morgan fingerprint density at radius 2 is 1.31 bits per heavy atom. The molecule has 1 aliphatic heterocycles. The molecule has 0 fully saturated rings. The van der Waals surface area contributed by atoms with Crippen LogP contribution in [0.15, 0.2) is 12.1 Å². The molecule has 7 N–H and O–H groups in total. The molecule has 1 aromatic carbocycles. The van der Waals surface area contributed by atoms with Crippen molar-refractivity contribution < 1.29 is 0 Å². The smallest absolute Gasteiger partial charge is 0.133 e. The average Bonchev–Trinajstić information content (AvgIpc) is 2.36. The number of amidine groups is 2. The molecule has 0 amide bonds. The van der Waals surface area contributed by atoms with E-state index in [1.54, 1.807) is 12.1 Å². The van der Waals surface area contributed by atoms with Gasteiger partial charge in [-0.15, -0.1) is 0 Å². The maximum Gasteiger partial charge on any atom is 0.133 e. The lowest BCUT2D eigenvalue weighted by molar-refractivity contribution is 1.29. The van der Waals surface area contributed by atoms with Crippen LogP contribution in [0.4, 0.5) is 11.4 Å². The monoisotopic (exact) mass is 175 g/mol. The average molecular weight is 175 g/mol. The number of rotatable bonds is 0. The molecule has 0 bridgehead atoms. The molecule has 0 radical (unpaired) electrons. The van der Waals surface area contributed by atoms with Gasteiger partial charge >= 0.3 is 0 Å². The Morgan fingerprint density at radius 3 is 1.69 bits per heavy atom. The second kappa shape index (κ2) is 2.22. The quantitative estimate of drug-likeness (QED) is 0.360. The first-order valence-corrected chi connectivity index (χ1v) is 3.74. The standard InChI is InChI=1S/C8H9N5/c9-3-1-2-4(10)6-5(3)7(11)13-8(6)12/h1-2H,9-10H2,(H3,11,12,13). The third-order valence-corrected chi connectivity index (χ3v) is 2.02. The molecule has 1 aromatic rings. The van der Waals surface area contributed by atoms with Crippen molar-refractivity contribution in [3.63, 3.8) is 0 Å². The van der Waals surface area contributed by atoms with E-state index in [2.05, 4.69) is 5.32 Å². The van der Waals surface area contributed by atoms with Gasteiger partial charge in [0.1, 0.15) is 11.7 Å². The summed E-state index contributed by atoms with van der Waals surface area (Å²) in [4.78, 5) is 0. The summed E-state index contributed by atoms with van der Waals surface area (Å²) in [6, 6.07) is 3.28. The maximum absolute atomic E-state index is 7.51. The van der Waals surface area contributed by atoms with E-state index in [0.717, 1.165) is 0 Å². The van der Waals surface area contributed by atoms with Gasteiger partial charge in [-0.25, -0.2) is 0 Å². The highest BCUT2D eigenvalue weighted by atomic mass is 15.0. The van der Waals surface area contributed by atoms with Crippen molar-refractivity contribution in [1.29, 1.82) is 10.8 Å². The number of hydrogen-bond donors (Lipinski definition) is 5. The Labute approximate surface area is 74.8 Å². The van der Waals surface area contributed by atoms with Gasteiger partial charge in [0.25, 0.3) is 0 Å². The second-order valence-electron chi connectivity index (χ2n) is 2.87. The van der Waals surface area contributed by atoms with Crippen LogP contribution in [0, 0.1) is 10.8 Å². The van der Waals surface area contributed by atoms with E-state index < -0.39 is 0 Å². The van der Waals surface area contributed by atoms with Crippen LogP contribution < -0.4 is 16.8 Å². The number of anilines is 2. The molecule has 1 aliphatic rings. The first kappa shape index (κ1) is 7.60. The molecule has 0 saturated carbocycles. The van der Waals surface area contributed by atoms with Crippen molar-refractivity contribution in [2.24, 2.45) is 0 Å². The highest BCUT2D eigenvalue weighted by molar-refractivity contribution is 6.27. The summed E-state index contributed by atoms with van der Waals surface area (Å²) in [5, 5.41) is 17.6. The van der Waals surface area contributed by atoms with E-state index in [-0.39, 0.29) is 11.7 Å². The number of fused-ring (bicyclic) bond motifs is 1. The molecule has 0 unspecified atom stereocenters. The molecular weight excluding hydrogens is 166 g/mol. The van der Waals surface area contributed by atoms with Gasteiger partial charge in [0.15, 0.2) is 0 Å². The van der Waals surface area contributed by atoms with Gasteiger partial charge in [-0.1, -0.05) is 0 Å². The predicted molar refractivity (Wildman–Crippen MR) is 52.1 cm³/mol. The number of nitrogen functional groups attached to an aromatic ring is 2. The van der Waals surface area contributed by atoms with Crippen LogP contribution in [-0.2, 0) is 0 Å². The lowest BCUT2D eigenvalue weighted by Gasteiger charge is -2.03. The van der Waals surface area contributed by atoms with E-state index in [1.165, 1.54) is 0 Å². The number of nitrogens with one attached hydrogen (secondary N) is 3. The lowest BCUT2D eigenvalue weighted by Crippen LogP contribution is -2.20. The Hall–Kier alpha value is -2.04. The Balaban J connectivity index is 2.81. The topological polar surface area (TPSA) is 112 Å². The normalized spacial score (nSPS) is 14.2. The Kier molecular flexibility index (Phi) is 1.30. The fourth-order valence-corrected chi connectivity index (χ4v) is 1.42. The zero-order valence-electron chi connectivity index (χ0n) is 6.81. The predicted octanol–water partition coefficient (Wildman–Crippen LogP) is 0.105. The van der Waals surface area contributed by atoms with Gasteiger partial charge in [-0.3, -0.25) is 10.8 Å². The molecular formula is C8H9N5. The van der Waals surface area contributed by atoms with Crippen LogP contribution in [0.3, 0.4) is 0 Å². The second-order valence-corrected chi connectivity index (χ2v) is 2.87. The van der Waals surface area contributed by atoms with Crippen molar-refractivity contribution in [2.75, 3.05) is 11.5 Å². The minimum Gasteiger partial charge on any atom is -0.398 e. The molecule has 5 nitrogen and oxygen atoms in total. The van der Waals surface area contributed by atoms with Crippen LogP contribution in [0.1, 0.15) is 11.1 Å². The summed E-state index contributed by atoms with van der Waals surface area (Å²) in [5.74, 6) is 0.287. The molecule has 1 heterocycles. The fraction of sp³-hybridized carbons (Fsp3) is 0. The summed E-state index contributed by atoms with van der Waals surface area (Å²) in [5.41, 5.74) is 13.3. The minimum atomic E-state index is 0.143. The highest BCUT2D eigenvalue weighted by Crippen LogP contribution is 2.26. The first-order chi connectivity index (χ1) is 6.11. The number of benzene rings is 1. The first-order valence-electron chi connectivity index (χ1n) is 3.74. The summed E-state index contributed by atoms with van der Waals surface area (Å²) >= 11 is 0. The van der Waals surface area contributed by atoms with Gasteiger partial charge < -0.3 is 16.8 Å². The van der Waals surface area contributed by atoms with E-state index >= 15 is 0 Å². The van der Waals surface area contributed by atoms with Gasteiger partial charge in [-0.05, 0) is 12.1 Å². The van der Waals surface area contributed by atoms with Crippen LogP contribution in [0.5, 0.6) is 0 Å². The number of hydrogen-bond acceptors (Lipinski definition) is 4. The molecule has 2 rings (SSSR count). The van der Waals surface area contributed by atoms with E-state index in [9.17, 15) is 0 Å². The lowest BCUT2D eigenvalue weighted by atomic mass is 10.1. The van der Waals surface area contributed by atoms with Crippen LogP contribution in [-0.4, -0.2) is 11.7 Å². The van der Waals surface area contributed by atoms with Gasteiger partial charge in [0.2, 0.25) is 0 Å². The molecule has 0 aromatic heterocycles. The summed E-state index contributed by atoms with van der Waals surface area (Å²) in [6.07, 6.45) is 0. The zero-order valence-corrected chi connectivity index (χ0v) is 6.81. The van der Waals surface area contributed by atoms with E-state index in [1.807, 2.05) is 0 Å². The maximum atomic E-state index is 7.51. The third-order valence-electron chi connectivity index (χ3n) is 2.02. The van der Waals surface area contributed by atoms with Crippen LogP contribution in [0.2, 0.25) is 0 Å². The molecule has 5 heteroatoms. The van der Waals surface area contributed by atoms with Crippen molar-refractivity contribution in [3.8, 4) is 0 Å². The molecule has 0 atom stereocenters. The van der Waals surface area contributed by atoms with Gasteiger partial charge in [-0.2, -0.15) is 0 Å². The zero-order chi connectivity index (χ0) is 9.59. The van der Waals surface area contributed by atoms with Crippen molar-refractivity contribution >= 4 is 23.0 Å². The van der Waals surface area contributed by atoms with Crippen molar-refractivity contribution in [3.05, 3.63) is 23.3 Å². The molecule has 13 heavy (non-hydrogen) atoms. The largest absolute Gasteiger partial charge is 0.398 e. The Morgan fingerprint density at radius 1 is 0.923 bits per heavy atom. The van der Waals surface area contributed by atoms with Crippen molar-refractivity contribution in [1.82, 2.24) is 5.32 Å². The summed E-state index contributed by atoms with van der Waals surface area (Å²) in [7, 11) is 0. The Bertz CT molecular complexity index is 382. The minimum absolute atomic E-state index is 0.143. The number of nitrogens with two attached hydrogens (primary N) is 2. The third kappa shape index (κ3) is 0.868. The molecule has 0 spiro atoms.